The molecular weight excluding hydrogens is 440 g/mol. The van der Waals surface area contributed by atoms with Gasteiger partial charge in [0.25, 0.3) is 5.70 Å². The van der Waals surface area contributed by atoms with E-state index in [-0.39, 0.29) is 23.3 Å². The van der Waals surface area contributed by atoms with Crippen molar-refractivity contribution in [3.63, 3.8) is 0 Å². The molecule has 2 heterocycles. The quantitative estimate of drug-likeness (QED) is 0.327. The van der Waals surface area contributed by atoms with Gasteiger partial charge >= 0.3 is 5.97 Å². The van der Waals surface area contributed by atoms with E-state index in [0.29, 0.717) is 27.0 Å². The predicted octanol–water partition coefficient (Wildman–Crippen LogP) is 4.96. The van der Waals surface area contributed by atoms with Crippen molar-refractivity contribution in [2.75, 3.05) is 6.61 Å². The average molecular weight is 463 g/mol. The van der Waals surface area contributed by atoms with E-state index in [2.05, 4.69) is 5.32 Å². The van der Waals surface area contributed by atoms with E-state index in [9.17, 15) is 19.7 Å². The number of allylic oxidation sites excluding steroid dienone is 3. The van der Waals surface area contributed by atoms with Gasteiger partial charge in [0.2, 0.25) is 0 Å². The molecule has 2 aromatic carbocycles. The van der Waals surface area contributed by atoms with Crippen molar-refractivity contribution in [3.05, 3.63) is 103 Å². The number of hydrogen-bond acceptors (Lipinski definition) is 7. The third-order valence-corrected chi connectivity index (χ3v) is 6.81. The van der Waals surface area contributed by atoms with Gasteiger partial charge < -0.3 is 10.1 Å². The monoisotopic (exact) mass is 462 g/mol. The summed E-state index contributed by atoms with van der Waals surface area (Å²) in [5, 5.41) is 15.6. The van der Waals surface area contributed by atoms with Gasteiger partial charge in [-0.25, -0.2) is 4.79 Å². The van der Waals surface area contributed by atoms with Crippen LogP contribution in [0.3, 0.4) is 0 Å². The Morgan fingerprint density at radius 1 is 1.12 bits per heavy atom. The maximum atomic E-state index is 13.0. The molecule has 168 valence electrons. The zero-order chi connectivity index (χ0) is 23.7. The standard InChI is InChI=1S/C25H22N2O5S/c1-4-32-25(29)21-14(2)26-15(3)23(27(30)31)22(21)18-12-8-11-17-19(28)13-20(33-24(17)18)16-9-6-5-7-10-16/h5-13,22,26H,4H2,1-3H3. The Morgan fingerprint density at radius 3 is 2.52 bits per heavy atom. The Hall–Kier alpha value is -3.78. The van der Waals surface area contributed by atoms with Crippen molar-refractivity contribution in [3.8, 4) is 10.4 Å². The molecule has 1 aromatic heterocycles. The molecule has 0 aliphatic carbocycles. The lowest BCUT2D eigenvalue weighted by atomic mass is 9.83. The molecule has 33 heavy (non-hydrogen) atoms. The second kappa shape index (κ2) is 8.99. The van der Waals surface area contributed by atoms with E-state index >= 15 is 0 Å². The number of nitro groups is 1. The molecule has 0 amide bonds. The van der Waals surface area contributed by atoms with Gasteiger partial charge in [0.1, 0.15) is 5.92 Å². The normalized spacial score (nSPS) is 16.0. The van der Waals surface area contributed by atoms with Crippen molar-refractivity contribution in [1.29, 1.82) is 0 Å². The molecular formula is C25H22N2O5S. The van der Waals surface area contributed by atoms with Gasteiger partial charge in [-0.2, -0.15) is 0 Å². The van der Waals surface area contributed by atoms with E-state index in [1.165, 1.54) is 11.3 Å². The fourth-order valence-electron chi connectivity index (χ4n) is 4.18. The number of dihydropyridines is 1. The highest BCUT2D eigenvalue weighted by Crippen LogP contribution is 2.43. The van der Waals surface area contributed by atoms with Gasteiger partial charge in [-0.15, -0.1) is 11.3 Å². The molecule has 0 radical (unpaired) electrons. The fraction of sp³-hybridized carbons (Fsp3) is 0.200. The maximum absolute atomic E-state index is 13.0. The van der Waals surface area contributed by atoms with E-state index in [4.69, 9.17) is 4.74 Å². The van der Waals surface area contributed by atoms with Crippen LogP contribution in [0.1, 0.15) is 32.3 Å². The van der Waals surface area contributed by atoms with Gasteiger partial charge in [0, 0.05) is 26.7 Å². The fourth-order valence-corrected chi connectivity index (χ4v) is 5.40. The zero-order valence-electron chi connectivity index (χ0n) is 18.4. The molecule has 0 saturated heterocycles. The van der Waals surface area contributed by atoms with Crippen LogP contribution < -0.4 is 10.7 Å². The van der Waals surface area contributed by atoms with Crippen LogP contribution in [0.15, 0.2) is 82.1 Å². The number of nitrogens with zero attached hydrogens (tertiary/aromatic N) is 1. The molecule has 1 aliphatic rings. The maximum Gasteiger partial charge on any atom is 0.336 e. The third kappa shape index (κ3) is 4.05. The minimum atomic E-state index is -0.981. The molecule has 1 unspecified atom stereocenters. The number of nitrogens with one attached hydrogen (secondary N) is 1. The Bertz CT molecular complexity index is 1390. The molecule has 3 aromatic rings. The molecule has 4 rings (SSSR count). The Morgan fingerprint density at radius 2 is 1.85 bits per heavy atom. The Labute approximate surface area is 194 Å². The number of esters is 1. The molecule has 1 atom stereocenters. The predicted molar refractivity (Wildman–Crippen MR) is 128 cm³/mol. The molecule has 0 spiro atoms. The zero-order valence-corrected chi connectivity index (χ0v) is 19.2. The van der Waals surface area contributed by atoms with E-state index in [1.54, 1.807) is 45.0 Å². The number of rotatable bonds is 5. The summed E-state index contributed by atoms with van der Waals surface area (Å²) >= 11 is 1.38. The van der Waals surface area contributed by atoms with Gasteiger partial charge in [-0.1, -0.05) is 42.5 Å². The van der Waals surface area contributed by atoms with Crippen LogP contribution in [0.4, 0.5) is 0 Å². The lowest BCUT2D eigenvalue weighted by Gasteiger charge is -2.27. The third-order valence-electron chi connectivity index (χ3n) is 5.57. The molecule has 1 aliphatic heterocycles. The highest BCUT2D eigenvalue weighted by molar-refractivity contribution is 7.21. The average Bonchev–Trinajstić information content (AvgIpc) is 2.78. The van der Waals surface area contributed by atoms with Gasteiger partial charge in [0.15, 0.2) is 5.43 Å². The van der Waals surface area contributed by atoms with E-state index in [1.807, 2.05) is 30.3 Å². The lowest BCUT2D eigenvalue weighted by Crippen LogP contribution is -2.31. The molecule has 1 N–H and O–H groups in total. The molecule has 0 bridgehead atoms. The minimum absolute atomic E-state index is 0.138. The molecule has 7 nitrogen and oxygen atoms in total. The summed E-state index contributed by atoms with van der Waals surface area (Å²) in [4.78, 5) is 38.4. The number of fused-ring (bicyclic) bond motifs is 1. The van der Waals surface area contributed by atoms with Crippen molar-refractivity contribution in [2.24, 2.45) is 0 Å². The van der Waals surface area contributed by atoms with Crippen molar-refractivity contribution >= 4 is 27.4 Å². The minimum Gasteiger partial charge on any atom is -0.463 e. The summed E-state index contributed by atoms with van der Waals surface area (Å²) < 4.78 is 5.86. The van der Waals surface area contributed by atoms with Gasteiger partial charge in [-0.05, 0) is 38.0 Å². The van der Waals surface area contributed by atoms with Crippen LogP contribution in [-0.2, 0) is 9.53 Å². The summed E-state index contributed by atoms with van der Waals surface area (Å²) in [6.45, 7) is 5.13. The van der Waals surface area contributed by atoms with Gasteiger partial charge in [0.05, 0.1) is 22.8 Å². The van der Waals surface area contributed by atoms with Crippen LogP contribution in [0.25, 0.3) is 20.5 Å². The number of hydrogen-bond donors (Lipinski definition) is 1. The van der Waals surface area contributed by atoms with E-state index < -0.39 is 16.8 Å². The number of carbonyl (C=O) groups is 1. The molecule has 0 saturated carbocycles. The van der Waals surface area contributed by atoms with Crippen LogP contribution in [-0.4, -0.2) is 17.5 Å². The lowest BCUT2D eigenvalue weighted by molar-refractivity contribution is -0.431. The Kier molecular flexibility index (Phi) is 6.11. The second-order valence-electron chi connectivity index (χ2n) is 7.65. The van der Waals surface area contributed by atoms with Crippen LogP contribution >= 0.6 is 11.3 Å². The summed E-state index contributed by atoms with van der Waals surface area (Å²) in [5.74, 6) is -1.60. The first-order chi connectivity index (χ1) is 15.8. The second-order valence-corrected chi connectivity index (χ2v) is 8.70. The highest BCUT2D eigenvalue weighted by Gasteiger charge is 2.41. The van der Waals surface area contributed by atoms with Crippen LogP contribution in [0, 0.1) is 10.1 Å². The highest BCUT2D eigenvalue weighted by atomic mass is 32.1. The Balaban J connectivity index is 2.04. The van der Waals surface area contributed by atoms with Crippen molar-refractivity contribution in [2.45, 2.75) is 26.7 Å². The van der Waals surface area contributed by atoms with Crippen molar-refractivity contribution < 1.29 is 14.5 Å². The summed E-state index contributed by atoms with van der Waals surface area (Å²) in [7, 11) is 0. The summed E-state index contributed by atoms with van der Waals surface area (Å²) in [5.41, 5.74) is 2.10. The largest absolute Gasteiger partial charge is 0.463 e. The molecule has 0 fully saturated rings. The van der Waals surface area contributed by atoms with Gasteiger partial charge in [-0.3, -0.25) is 14.9 Å². The first-order valence-electron chi connectivity index (χ1n) is 10.5. The number of ether oxygens (including phenoxy) is 1. The SMILES string of the molecule is CCOC(=O)C1=C(C)NC(C)=C([N+](=O)[O-])C1c1cccc2c(=O)cc(-c3ccccc3)sc12. The summed E-state index contributed by atoms with van der Waals surface area (Å²) in [6.07, 6.45) is 0. The van der Waals surface area contributed by atoms with Crippen LogP contribution in [0.2, 0.25) is 0 Å². The molecule has 8 heteroatoms. The van der Waals surface area contributed by atoms with Crippen molar-refractivity contribution in [1.82, 2.24) is 5.32 Å². The first-order valence-corrected chi connectivity index (χ1v) is 11.3. The van der Waals surface area contributed by atoms with E-state index in [0.717, 1.165) is 10.4 Å². The van der Waals surface area contributed by atoms with Crippen LogP contribution in [0.5, 0.6) is 0 Å². The first kappa shape index (κ1) is 22.4. The summed E-state index contributed by atoms with van der Waals surface area (Å²) in [6, 6.07) is 16.2. The number of carbonyl (C=O) groups excluding carboxylic acids is 1. The smallest absolute Gasteiger partial charge is 0.336 e. The number of benzene rings is 2. The topological polar surface area (TPSA) is 98.5 Å².